The molecule has 2 heterocycles. The van der Waals surface area contributed by atoms with Gasteiger partial charge in [-0.15, -0.1) is 0 Å². The Bertz CT molecular complexity index is 1090. The van der Waals surface area contributed by atoms with Crippen molar-refractivity contribution in [3.8, 4) is 23.0 Å². The van der Waals surface area contributed by atoms with Gasteiger partial charge in [0.05, 0.1) is 26.1 Å². The van der Waals surface area contributed by atoms with Crippen LogP contribution in [-0.2, 0) is 11.3 Å². The van der Waals surface area contributed by atoms with Crippen LogP contribution in [0.15, 0.2) is 34.5 Å². The highest BCUT2D eigenvalue weighted by molar-refractivity contribution is 6.01. The fourth-order valence-electron chi connectivity index (χ4n) is 3.63. The zero-order valence-corrected chi connectivity index (χ0v) is 17.4. The van der Waals surface area contributed by atoms with Gasteiger partial charge in [-0.05, 0) is 17.7 Å². The number of nitrogens with one attached hydrogen (secondary N) is 1. The Kier molecular flexibility index (Phi) is 5.97. The first-order valence-corrected chi connectivity index (χ1v) is 9.65. The Morgan fingerprint density at radius 2 is 1.94 bits per heavy atom. The van der Waals surface area contributed by atoms with Crippen molar-refractivity contribution in [2.45, 2.75) is 18.9 Å². The molecule has 32 heavy (non-hydrogen) atoms. The molecular weight excluding hydrogens is 423 g/mol. The summed E-state index contributed by atoms with van der Waals surface area (Å²) in [5.74, 6) is 1.23. The molecule has 0 saturated heterocycles. The second-order valence-electron chi connectivity index (χ2n) is 6.94. The first kappa shape index (κ1) is 21.2. The predicted octanol–water partition coefficient (Wildman–Crippen LogP) is 2.31. The molecule has 2 aromatic carbocycles. The molecular formula is C21H21FN4O6. The third kappa shape index (κ3) is 4.09. The summed E-state index contributed by atoms with van der Waals surface area (Å²) in [4.78, 5) is 16.7. The molecule has 0 bridgehead atoms. The Labute approximate surface area is 182 Å². The number of fused-ring (bicyclic) bond motifs is 1. The van der Waals surface area contributed by atoms with Crippen molar-refractivity contribution in [3.63, 3.8) is 0 Å². The molecule has 2 aliphatic heterocycles. The molecule has 11 heteroatoms. The molecule has 1 atom stereocenters. The van der Waals surface area contributed by atoms with Crippen LogP contribution < -0.4 is 30.1 Å². The molecule has 3 N–H and O–H groups in total. The number of benzene rings is 2. The monoisotopic (exact) mass is 444 g/mol. The number of amides is 2. The van der Waals surface area contributed by atoms with E-state index in [4.69, 9.17) is 29.5 Å². The highest BCUT2D eigenvalue weighted by Crippen LogP contribution is 2.52. The maximum absolute atomic E-state index is 13.2. The number of methoxy groups -OCH3 is 2. The smallest absolute Gasteiger partial charge is 0.332 e. The van der Waals surface area contributed by atoms with E-state index >= 15 is 0 Å². The third-order valence-corrected chi connectivity index (χ3v) is 4.99. The van der Waals surface area contributed by atoms with Crippen molar-refractivity contribution < 1.29 is 33.0 Å². The number of nitrogens with zero attached hydrogens (tertiary/aromatic N) is 2. The quantitative estimate of drug-likeness (QED) is 0.499. The highest BCUT2D eigenvalue weighted by atomic mass is 19.1. The van der Waals surface area contributed by atoms with Crippen LogP contribution >= 0.6 is 0 Å². The molecule has 0 unspecified atom stereocenters. The average Bonchev–Trinajstić information content (AvgIpc) is 3.44. The Morgan fingerprint density at radius 3 is 2.59 bits per heavy atom. The van der Waals surface area contributed by atoms with Crippen molar-refractivity contribution in [1.29, 1.82) is 0 Å². The van der Waals surface area contributed by atoms with Crippen molar-refractivity contribution in [2.24, 2.45) is 16.0 Å². The van der Waals surface area contributed by atoms with Gasteiger partial charge in [0.1, 0.15) is 11.9 Å². The summed E-state index contributed by atoms with van der Waals surface area (Å²) >= 11 is 0. The van der Waals surface area contributed by atoms with Gasteiger partial charge >= 0.3 is 6.03 Å². The molecule has 10 nitrogen and oxygen atoms in total. The SMILES string of the molecule is COc1c(/C=N/NC(N)=O)c(C[C@@H]2CC(c3ccc(F)cc3)=NO2)c(OC)c2c1OCO2. The minimum Gasteiger partial charge on any atom is -0.492 e. The summed E-state index contributed by atoms with van der Waals surface area (Å²) in [6.07, 6.45) is 1.88. The minimum absolute atomic E-state index is 0.000615. The fourth-order valence-corrected chi connectivity index (χ4v) is 3.63. The maximum atomic E-state index is 13.2. The van der Waals surface area contributed by atoms with Crippen LogP contribution in [0, 0.1) is 5.82 Å². The molecule has 0 aromatic heterocycles. The molecule has 168 valence electrons. The Morgan fingerprint density at radius 1 is 1.25 bits per heavy atom. The van der Waals surface area contributed by atoms with Gasteiger partial charge in [0.2, 0.25) is 18.3 Å². The normalized spacial score (nSPS) is 16.6. The molecule has 0 radical (unpaired) electrons. The predicted molar refractivity (Wildman–Crippen MR) is 112 cm³/mol. The number of carbonyl (C=O) groups is 1. The van der Waals surface area contributed by atoms with Crippen LogP contribution in [0.1, 0.15) is 23.1 Å². The van der Waals surface area contributed by atoms with Crippen LogP contribution in [0.4, 0.5) is 9.18 Å². The van der Waals surface area contributed by atoms with Gasteiger partial charge < -0.3 is 29.5 Å². The minimum atomic E-state index is -0.814. The summed E-state index contributed by atoms with van der Waals surface area (Å²) < 4.78 is 35.6. The number of rotatable bonds is 7. The maximum Gasteiger partial charge on any atom is 0.332 e. The van der Waals surface area contributed by atoms with Crippen LogP contribution in [-0.4, -0.2) is 45.1 Å². The third-order valence-electron chi connectivity index (χ3n) is 4.99. The number of hydrazone groups is 1. The van der Waals surface area contributed by atoms with Gasteiger partial charge in [0, 0.05) is 24.0 Å². The van der Waals surface area contributed by atoms with E-state index in [-0.39, 0.29) is 18.7 Å². The number of ether oxygens (including phenoxy) is 4. The molecule has 0 aliphatic carbocycles. The molecule has 2 aromatic rings. The molecule has 4 rings (SSSR count). The van der Waals surface area contributed by atoms with Gasteiger partial charge in [-0.2, -0.15) is 5.10 Å². The van der Waals surface area contributed by atoms with Gasteiger partial charge in [0.15, 0.2) is 11.5 Å². The fraction of sp³-hybridized carbons (Fsp3) is 0.286. The number of nitrogens with two attached hydrogens (primary N) is 1. The van der Waals surface area contributed by atoms with Gasteiger partial charge in [0.25, 0.3) is 0 Å². The van der Waals surface area contributed by atoms with E-state index in [1.165, 1.54) is 32.6 Å². The van der Waals surface area contributed by atoms with E-state index in [1.54, 1.807) is 12.1 Å². The highest BCUT2D eigenvalue weighted by Gasteiger charge is 2.33. The summed E-state index contributed by atoms with van der Waals surface area (Å²) in [6, 6.07) is 5.23. The van der Waals surface area contributed by atoms with Crippen molar-refractivity contribution in [2.75, 3.05) is 21.0 Å². The van der Waals surface area contributed by atoms with Crippen LogP contribution in [0.5, 0.6) is 23.0 Å². The molecule has 2 aliphatic rings. The number of carbonyl (C=O) groups excluding carboxylic acids is 1. The molecule has 0 spiro atoms. The lowest BCUT2D eigenvalue weighted by molar-refractivity contribution is 0.0853. The van der Waals surface area contributed by atoms with Crippen molar-refractivity contribution in [1.82, 2.24) is 5.43 Å². The molecule has 2 amide bonds. The number of hydrogen-bond donors (Lipinski definition) is 2. The number of primary amides is 1. The van der Waals surface area contributed by atoms with Crippen LogP contribution in [0.25, 0.3) is 0 Å². The standard InChI is InChI=1S/C21H21FN4O6/c1-28-17-14(7-13-8-16(26-32-13)11-3-5-12(22)6-4-11)15(9-24-25-21(23)27)18(29-2)20-19(17)30-10-31-20/h3-6,9,13H,7-8,10H2,1-2H3,(H3,23,25,27)/b24-9+/t13-/m1/s1. The largest absolute Gasteiger partial charge is 0.492 e. The second-order valence-corrected chi connectivity index (χ2v) is 6.94. The first-order valence-electron chi connectivity index (χ1n) is 9.65. The zero-order valence-electron chi connectivity index (χ0n) is 17.4. The lowest BCUT2D eigenvalue weighted by Crippen LogP contribution is -2.24. The Hall–Kier alpha value is -4.02. The van der Waals surface area contributed by atoms with Gasteiger partial charge in [-0.3, -0.25) is 0 Å². The van der Waals surface area contributed by atoms with E-state index in [0.717, 1.165) is 5.56 Å². The summed E-state index contributed by atoms with van der Waals surface area (Å²) in [6.45, 7) is -0.000615. The van der Waals surface area contributed by atoms with E-state index in [2.05, 4.69) is 15.7 Å². The summed E-state index contributed by atoms with van der Waals surface area (Å²) in [5.41, 5.74) is 9.89. The van der Waals surface area contributed by atoms with E-state index in [9.17, 15) is 9.18 Å². The molecule has 0 fully saturated rings. The van der Waals surface area contributed by atoms with Crippen LogP contribution in [0.3, 0.4) is 0 Å². The lowest BCUT2D eigenvalue weighted by Gasteiger charge is -2.19. The first-order chi connectivity index (χ1) is 15.5. The zero-order chi connectivity index (χ0) is 22.7. The topological polar surface area (TPSA) is 126 Å². The molecule has 0 saturated carbocycles. The number of halogens is 1. The number of oxime groups is 1. The number of urea groups is 1. The summed E-state index contributed by atoms with van der Waals surface area (Å²) in [7, 11) is 2.99. The van der Waals surface area contributed by atoms with Gasteiger partial charge in [-0.25, -0.2) is 14.6 Å². The van der Waals surface area contributed by atoms with Crippen molar-refractivity contribution >= 4 is 18.0 Å². The van der Waals surface area contributed by atoms with E-state index in [0.29, 0.717) is 52.7 Å². The lowest BCUT2D eigenvalue weighted by atomic mass is 9.95. The van der Waals surface area contributed by atoms with E-state index < -0.39 is 6.03 Å². The van der Waals surface area contributed by atoms with E-state index in [1.807, 2.05) is 0 Å². The number of hydrogen-bond acceptors (Lipinski definition) is 8. The van der Waals surface area contributed by atoms with Crippen molar-refractivity contribution in [3.05, 3.63) is 46.8 Å². The van der Waals surface area contributed by atoms with Gasteiger partial charge in [-0.1, -0.05) is 17.3 Å². The second kappa shape index (κ2) is 9.00. The summed E-state index contributed by atoms with van der Waals surface area (Å²) in [5, 5.41) is 8.03. The average molecular weight is 444 g/mol. The van der Waals surface area contributed by atoms with Crippen LogP contribution in [0.2, 0.25) is 0 Å². The Balaban J connectivity index is 1.67.